The Hall–Kier alpha value is -2.04. The van der Waals surface area contributed by atoms with Crippen molar-refractivity contribution in [3.05, 3.63) is 35.4 Å². The van der Waals surface area contributed by atoms with Crippen molar-refractivity contribution in [3.8, 4) is 0 Å². The zero-order valence-corrected chi connectivity index (χ0v) is 22.9. The van der Waals surface area contributed by atoms with Crippen LogP contribution in [0, 0.1) is 5.92 Å². The second-order valence-electron chi connectivity index (χ2n) is 9.11. The van der Waals surface area contributed by atoms with Crippen LogP contribution in [0.25, 0.3) is 0 Å². The van der Waals surface area contributed by atoms with E-state index in [1.54, 1.807) is 11.9 Å². The summed E-state index contributed by atoms with van der Waals surface area (Å²) in [6.45, 7) is 11.2. The lowest BCUT2D eigenvalue weighted by Gasteiger charge is -2.33. The molecule has 2 rings (SSSR count). The highest BCUT2D eigenvalue weighted by Crippen LogP contribution is 2.19. The molecule has 0 aliphatic carbocycles. The Balaban J connectivity index is 0.00000544. The van der Waals surface area contributed by atoms with Crippen LogP contribution in [0.2, 0.25) is 0 Å². The van der Waals surface area contributed by atoms with E-state index in [1.807, 2.05) is 52.0 Å². The third kappa shape index (κ3) is 10.6. The number of aliphatic imine (C=N–C) groups is 1. The van der Waals surface area contributed by atoms with E-state index in [1.165, 1.54) is 0 Å². The maximum atomic E-state index is 12.4. The Kier molecular flexibility index (Phi) is 12.5. The number of halogens is 1. The summed E-state index contributed by atoms with van der Waals surface area (Å²) in [4.78, 5) is 30.7. The Bertz CT molecular complexity index is 795. The molecule has 1 aromatic carbocycles. The summed E-state index contributed by atoms with van der Waals surface area (Å²) in [5.74, 6) is 1.00. The summed E-state index contributed by atoms with van der Waals surface area (Å²) in [7, 11) is 1.63. The van der Waals surface area contributed by atoms with Crippen molar-refractivity contribution in [3.63, 3.8) is 0 Å². The fourth-order valence-corrected chi connectivity index (χ4v) is 3.61. The number of nitrogens with zero attached hydrogens (tertiary/aromatic N) is 2. The van der Waals surface area contributed by atoms with Gasteiger partial charge >= 0.3 is 6.09 Å². The van der Waals surface area contributed by atoms with Crippen LogP contribution in [0.15, 0.2) is 29.3 Å². The maximum absolute atomic E-state index is 12.4. The summed E-state index contributed by atoms with van der Waals surface area (Å²) in [6, 6.07) is 7.65. The van der Waals surface area contributed by atoms with Crippen molar-refractivity contribution < 1.29 is 14.3 Å². The molecule has 1 aliphatic rings. The highest BCUT2D eigenvalue weighted by atomic mass is 127. The number of ether oxygens (including phenoxy) is 1. The van der Waals surface area contributed by atoms with E-state index in [4.69, 9.17) is 9.73 Å². The molecule has 0 saturated carbocycles. The first-order valence-electron chi connectivity index (χ1n) is 11.5. The highest BCUT2D eigenvalue weighted by molar-refractivity contribution is 14.0. The molecule has 33 heavy (non-hydrogen) atoms. The first-order chi connectivity index (χ1) is 15.2. The number of benzene rings is 1. The van der Waals surface area contributed by atoms with Crippen molar-refractivity contribution in [1.82, 2.24) is 20.9 Å². The second kappa shape index (κ2) is 14.3. The van der Waals surface area contributed by atoms with Crippen LogP contribution in [0.5, 0.6) is 0 Å². The molecule has 0 spiro atoms. The number of amides is 2. The molecule has 0 radical (unpaired) electrons. The molecular weight excluding hydrogens is 533 g/mol. The summed E-state index contributed by atoms with van der Waals surface area (Å²) >= 11 is 0. The van der Waals surface area contributed by atoms with Crippen LogP contribution in [-0.4, -0.2) is 68.2 Å². The molecule has 1 atom stereocenters. The van der Waals surface area contributed by atoms with Crippen LogP contribution in [0.1, 0.15) is 56.5 Å². The minimum absolute atomic E-state index is 0. The van der Waals surface area contributed by atoms with E-state index in [0.29, 0.717) is 31.1 Å². The molecule has 186 valence electrons. The molecule has 0 bridgehead atoms. The van der Waals surface area contributed by atoms with Gasteiger partial charge < -0.3 is 25.6 Å². The Labute approximate surface area is 215 Å². The number of carbonyl (C=O) groups is 2. The predicted octanol–water partition coefficient (Wildman–Crippen LogP) is 3.41. The summed E-state index contributed by atoms with van der Waals surface area (Å²) in [6.07, 6.45) is 2.56. The number of nitrogens with one attached hydrogen (secondary N) is 3. The number of piperidine rings is 1. The number of carbonyl (C=O) groups excluding carboxylic acids is 2. The molecule has 3 N–H and O–H groups in total. The molecule has 1 heterocycles. The second-order valence-corrected chi connectivity index (χ2v) is 9.11. The van der Waals surface area contributed by atoms with Crippen molar-refractivity contribution in [2.45, 2.75) is 52.6 Å². The quantitative estimate of drug-likeness (QED) is 0.264. The zero-order chi connectivity index (χ0) is 23.6. The van der Waals surface area contributed by atoms with Crippen LogP contribution in [-0.2, 0) is 11.2 Å². The van der Waals surface area contributed by atoms with E-state index in [0.717, 1.165) is 43.9 Å². The molecule has 8 nitrogen and oxygen atoms in total. The third-order valence-corrected chi connectivity index (χ3v) is 5.14. The van der Waals surface area contributed by atoms with Gasteiger partial charge in [0.15, 0.2) is 5.96 Å². The van der Waals surface area contributed by atoms with Gasteiger partial charge in [0.25, 0.3) is 5.91 Å². The maximum Gasteiger partial charge on any atom is 0.410 e. The van der Waals surface area contributed by atoms with Gasteiger partial charge in [0, 0.05) is 45.3 Å². The van der Waals surface area contributed by atoms with Crippen molar-refractivity contribution in [1.29, 1.82) is 0 Å². The molecule has 1 saturated heterocycles. The van der Waals surface area contributed by atoms with Crippen LogP contribution >= 0.6 is 24.0 Å². The monoisotopic (exact) mass is 573 g/mol. The third-order valence-electron chi connectivity index (χ3n) is 5.14. The normalized spacial score (nSPS) is 16.5. The molecule has 1 aliphatic heterocycles. The SMILES string of the molecule is CCNC(=NCC1CCCN(C(=O)OC(C)(C)C)C1)NCCc1cccc(C(=O)NC)c1.I. The minimum atomic E-state index is -0.482. The Morgan fingerprint density at radius 2 is 2.00 bits per heavy atom. The van der Waals surface area contributed by atoms with Crippen molar-refractivity contribution >= 4 is 41.9 Å². The van der Waals surface area contributed by atoms with Gasteiger partial charge in [0.05, 0.1) is 0 Å². The van der Waals surface area contributed by atoms with Gasteiger partial charge in [-0.05, 0) is 70.6 Å². The lowest BCUT2D eigenvalue weighted by molar-refractivity contribution is 0.0170. The van der Waals surface area contributed by atoms with Gasteiger partial charge in [-0.1, -0.05) is 12.1 Å². The summed E-state index contributed by atoms with van der Waals surface area (Å²) in [5, 5.41) is 9.30. The average Bonchev–Trinajstić information content (AvgIpc) is 2.76. The van der Waals surface area contributed by atoms with Gasteiger partial charge in [-0.3, -0.25) is 9.79 Å². The van der Waals surface area contributed by atoms with E-state index in [2.05, 4.69) is 16.0 Å². The molecule has 2 amide bonds. The van der Waals surface area contributed by atoms with Crippen LogP contribution < -0.4 is 16.0 Å². The Morgan fingerprint density at radius 3 is 2.67 bits per heavy atom. The number of hydrogen-bond donors (Lipinski definition) is 3. The molecule has 1 unspecified atom stereocenters. The summed E-state index contributed by atoms with van der Waals surface area (Å²) in [5.41, 5.74) is 1.27. The first-order valence-corrected chi connectivity index (χ1v) is 11.5. The van der Waals surface area contributed by atoms with E-state index in [9.17, 15) is 9.59 Å². The molecule has 0 aromatic heterocycles. The molecule has 9 heteroatoms. The lowest BCUT2D eigenvalue weighted by Crippen LogP contribution is -2.44. The smallest absolute Gasteiger partial charge is 0.410 e. The van der Waals surface area contributed by atoms with Gasteiger partial charge in [-0.25, -0.2) is 4.79 Å². The fraction of sp³-hybridized carbons (Fsp3) is 0.625. The molecular formula is C24H40IN5O3. The number of likely N-dealkylation sites (tertiary alicyclic amines) is 1. The standard InChI is InChI=1S/C24H39N5O3.HI/c1-6-26-22(27-13-12-18-9-7-11-20(15-18)21(30)25-5)28-16-19-10-8-14-29(17-19)23(31)32-24(2,3)4;/h7,9,11,15,19H,6,8,10,12-14,16-17H2,1-5H3,(H,25,30)(H2,26,27,28);1H. The Morgan fingerprint density at radius 1 is 1.24 bits per heavy atom. The van der Waals surface area contributed by atoms with Crippen LogP contribution in [0.3, 0.4) is 0 Å². The minimum Gasteiger partial charge on any atom is -0.444 e. The number of hydrogen-bond acceptors (Lipinski definition) is 4. The fourth-order valence-electron chi connectivity index (χ4n) is 3.61. The van der Waals surface area contributed by atoms with Gasteiger partial charge in [-0.15, -0.1) is 24.0 Å². The van der Waals surface area contributed by atoms with E-state index < -0.39 is 5.60 Å². The highest BCUT2D eigenvalue weighted by Gasteiger charge is 2.27. The van der Waals surface area contributed by atoms with Gasteiger partial charge in [0.2, 0.25) is 0 Å². The van der Waals surface area contributed by atoms with Gasteiger partial charge in [0.1, 0.15) is 5.60 Å². The van der Waals surface area contributed by atoms with Crippen LogP contribution in [0.4, 0.5) is 4.79 Å². The van der Waals surface area contributed by atoms with Crippen molar-refractivity contribution in [2.75, 3.05) is 39.8 Å². The van der Waals surface area contributed by atoms with E-state index in [-0.39, 0.29) is 36.0 Å². The lowest BCUT2D eigenvalue weighted by atomic mass is 9.98. The summed E-state index contributed by atoms with van der Waals surface area (Å²) < 4.78 is 5.52. The van der Waals surface area contributed by atoms with E-state index >= 15 is 0 Å². The number of guanidine groups is 1. The molecule has 1 fully saturated rings. The van der Waals surface area contributed by atoms with Gasteiger partial charge in [-0.2, -0.15) is 0 Å². The first kappa shape index (κ1) is 29.0. The predicted molar refractivity (Wildman–Crippen MR) is 143 cm³/mol. The average molecular weight is 574 g/mol. The zero-order valence-electron chi connectivity index (χ0n) is 20.6. The topological polar surface area (TPSA) is 95.1 Å². The number of rotatable bonds is 7. The molecule has 1 aromatic rings. The largest absolute Gasteiger partial charge is 0.444 e. The van der Waals surface area contributed by atoms with Crippen molar-refractivity contribution in [2.24, 2.45) is 10.9 Å².